The number of carbonyl (C=O) groups excluding carboxylic acids is 4. The van der Waals surface area contributed by atoms with Gasteiger partial charge in [-0.2, -0.15) is 11.8 Å². The number of thioether (sulfide) groups is 1. The van der Waals surface area contributed by atoms with Gasteiger partial charge in [0.25, 0.3) is 11.8 Å². The van der Waals surface area contributed by atoms with Crippen molar-refractivity contribution in [2.75, 3.05) is 71.2 Å². The average molecular weight is 652 g/mol. The summed E-state index contributed by atoms with van der Waals surface area (Å²) in [6.07, 6.45) is 0. The van der Waals surface area contributed by atoms with Crippen molar-refractivity contribution >= 4 is 35.4 Å². The first kappa shape index (κ1) is 35.4. The normalized spacial score (nSPS) is 17.6. The Hall–Kier alpha value is -3.45. The molecule has 0 saturated carbocycles. The Labute approximate surface area is 277 Å². The molecule has 2 heterocycles. The van der Waals surface area contributed by atoms with Crippen molar-refractivity contribution in [1.29, 1.82) is 0 Å². The highest BCUT2D eigenvalue weighted by atomic mass is 32.2. The van der Waals surface area contributed by atoms with Gasteiger partial charge in [0.15, 0.2) is 0 Å². The summed E-state index contributed by atoms with van der Waals surface area (Å²) >= 11 is 1.81. The van der Waals surface area contributed by atoms with E-state index in [1.165, 1.54) is 6.92 Å². The third-order valence-electron chi connectivity index (χ3n) is 8.55. The zero-order chi connectivity index (χ0) is 32.9. The number of piperazine rings is 1. The number of nitrogens with zero attached hydrogens (tertiary/aromatic N) is 2. The molecule has 12 heteroatoms. The second-order valence-electron chi connectivity index (χ2n) is 12.5. The van der Waals surface area contributed by atoms with Crippen LogP contribution in [0.2, 0.25) is 0 Å². The van der Waals surface area contributed by atoms with Crippen LogP contribution in [0.3, 0.4) is 0 Å². The highest BCUT2D eigenvalue weighted by Gasteiger charge is 2.39. The molecule has 2 aliphatic heterocycles. The number of amides is 4. The minimum atomic E-state index is -0.611. The van der Waals surface area contributed by atoms with Gasteiger partial charge in [0.1, 0.15) is 0 Å². The van der Waals surface area contributed by atoms with Crippen LogP contribution in [0.5, 0.6) is 0 Å². The van der Waals surface area contributed by atoms with Gasteiger partial charge in [-0.25, -0.2) is 0 Å². The van der Waals surface area contributed by atoms with Gasteiger partial charge < -0.3 is 26.6 Å². The summed E-state index contributed by atoms with van der Waals surface area (Å²) in [4.78, 5) is 54.7. The molecule has 0 spiro atoms. The number of rotatable bonds is 14. The van der Waals surface area contributed by atoms with Crippen molar-refractivity contribution in [1.82, 2.24) is 36.4 Å². The molecule has 0 bridgehead atoms. The van der Waals surface area contributed by atoms with Crippen LogP contribution in [-0.2, 0) is 22.7 Å². The van der Waals surface area contributed by atoms with Crippen molar-refractivity contribution < 1.29 is 19.2 Å². The third-order valence-corrected chi connectivity index (χ3v) is 10.1. The quantitative estimate of drug-likeness (QED) is 0.207. The van der Waals surface area contributed by atoms with Crippen LogP contribution in [0.1, 0.15) is 52.6 Å². The van der Waals surface area contributed by atoms with Gasteiger partial charge in [-0.1, -0.05) is 24.3 Å². The van der Waals surface area contributed by atoms with E-state index in [1.54, 1.807) is 18.2 Å². The molecule has 5 N–H and O–H groups in total. The minimum Gasteiger partial charge on any atom is -0.352 e. The van der Waals surface area contributed by atoms with E-state index in [-0.39, 0.29) is 28.9 Å². The lowest BCUT2D eigenvalue weighted by molar-refractivity contribution is -0.129. The lowest BCUT2D eigenvalue weighted by Gasteiger charge is -2.40. The standard InChI is InChI=1S/C34H49N7O4S/c1-25(42)38-22-26-6-4-8-28(20-26)32(44)37-13-17-41-18-19-46-30(24-41)34(2,3)33(45)39-23-27-7-5-9-29(21-27)31(43)36-12-16-40-14-10-35-11-15-40/h4-9,20-21,30,35H,10-19,22-24H2,1-3H3,(H,36,43)(H,37,44)(H,38,42)(H,39,45)/t30-/m0/s1. The molecule has 46 heavy (non-hydrogen) atoms. The molecule has 1 atom stereocenters. The summed E-state index contributed by atoms with van der Waals surface area (Å²) in [6, 6.07) is 14.7. The van der Waals surface area contributed by atoms with Crippen molar-refractivity contribution in [3.63, 3.8) is 0 Å². The maximum Gasteiger partial charge on any atom is 0.251 e. The molecule has 4 rings (SSSR count). The van der Waals surface area contributed by atoms with Crippen LogP contribution in [0.15, 0.2) is 48.5 Å². The zero-order valence-corrected chi connectivity index (χ0v) is 28.1. The van der Waals surface area contributed by atoms with Gasteiger partial charge >= 0.3 is 0 Å². The van der Waals surface area contributed by atoms with Gasteiger partial charge in [0.2, 0.25) is 11.8 Å². The molecule has 2 aromatic carbocycles. The number of hydrogen-bond donors (Lipinski definition) is 5. The summed E-state index contributed by atoms with van der Waals surface area (Å²) in [7, 11) is 0. The van der Waals surface area contributed by atoms with E-state index in [1.807, 2.05) is 55.9 Å². The Morgan fingerprint density at radius 2 is 1.37 bits per heavy atom. The fourth-order valence-electron chi connectivity index (χ4n) is 5.56. The maximum absolute atomic E-state index is 13.4. The molecule has 0 aliphatic carbocycles. The second kappa shape index (κ2) is 17.5. The Morgan fingerprint density at radius 1 is 0.804 bits per heavy atom. The van der Waals surface area contributed by atoms with E-state index >= 15 is 0 Å². The SMILES string of the molecule is CC(=O)NCc1cccc(C(=O)NCCN2CCS[C@H](C(C)(C)C(=O)NCc3cccc(C(=O)NCCN4CCNCC4)c3)C2)c1. The summed E-state index contributed by atoms with van der Waals surface area (Å²) in [5.74, 6) is 0.520. The first-order valence-corrected chi connectivity index (χ1v) is 17.2. The molecule has 0 aromatic heterocycles. The summed E-state index contributed by atoms with van der Waals surface area (Å²) in [5, 5.41) is 15.3. The molecule has 250 valence electrons. The number of carbonyl (C=O) groups is 4. The van der Waals surface area contributed by atoms with E-state index < -0.39 is 5.41 Å². The Morgan fingerprint density at radius 3 is 1.96 bits per heavy atom. The largest absolute Gasteiger partial charge is 0.352 e. The van der Waals surface area contributed by atoms with Crippen molar-refractivity contribution in [2.45, 2.75) is 39.1 Å². The van der Waals surface area contributed by atoms with Gasteiger partial charge in [-0.05, 0) is 49.2 Å². The summed E-state index contributed by atoms with van der Waals surface area (Å²) in [5.41, 5.74) is 2.29. The average Bonchev–Trinajstić information content (AvgIpc) is 3.07. The smallest absolute Gasteiger partial charge is 0.251 e. The molecule has 0 radical (unpaired) electrons. The van der Waals surface area contributed by atoms with E-state index in [0.29, 0.717) is 43.9 Å². The lowest BCUT2D eigenvalue weighted by Crippen LogP contribution is -2.51. The minimum absolute atomic E-state index is 0.0230. The van der Waals surface area contributed by atoms with Crippen LogP contribution in [0.4, 0.5) is 0 Å². The monoisotopic (exact) mass is 651 g/mol. The first-order valence-electron chi connectivity index (χ1n) is 16.2. The van der Waals surface area contributed by atoms with Gasteiger partial charge in [-0.3, -0.25) is 29.0 Å². The molecule has 2 aliphatic rings. The molecule has 11 nitrogen and oxygen atoms in total. The van der Waals surface area contributed by atoms with E-state index in [2.05, 4.69) is 36.4 Å². The predicted molar refractivity (Wildman–Crippen MR) is 183 cm³/mol. The molecule has 0 unspecified atom stereocenters. The number of benzene rings is 2. The topological polar surface area (TPSA) is 135 Å². The molecular formula is C34H49N7O4S. The van der Waals surface area contributed by atoms with Gasteiger partial charge in [0.05, 0.1) is 5.41 Å². The van der Waals surface area contributed by atoms with Gasteiger partial charge in [0, 0.05) is 108 Å². The van der Waals surface area contributed by atoms with Crippen molar-refractivity contribution in [3.05, 3.63) is 70.8 Å². The Balaban J connectivity index is 1.20. The fraction of sp³-hybridized carbons (Fsp3) is 0.529. The van der Waals surface area contributed by atoms with E-state index in [9.17, 15) is 19.2 Å². The van der Waals surface area contributed by atoms with Crippen LogP contribution in [0.25, 0.3) is 0 Å². The Bertz CT molecular complexity index is 1350. The molecule has 2 aromatic rings. The van der Waals surface area contributed by atoms with E-state index in [0.717, 1.165) is 62.7 Å². The fourth-order valence-corrected chi connectivity index (χ4v) is 7.05. The third kappa shape index (κ3) is 10.8. The number of nitrogens with one attached hydrogen (secondary N) is 5. The molecular weight excluding hydrogens is 602 g/mol. The first-order chi connectivity index (χ1) is 22.1. The number of hydrogen-bond acceptors (Lipinski definition) is 8. The van der Waals surface area contributed by atoms with Crippen LogP contribution >= 0.6 is 11.8 Å². The van der Waals surface area contributed by atoms with E-state index in [4.69, 9.17) is 0 Å². The zero-order valence-electron chi connectivity index (χ0n) is 27.3. The summed E-state index contributed by atoms with van der Waals surface area (Å²) in [6.45, 7) is 14.4. The highest BCUT2D eigenvalue weighted by Crippen LogP contribution is 2.34. The van der Waals surface area contributed by atoms with Gasteiger partial charge in [-0.15, -0.1) is 0 Å². The predicted octanol–water partition coefficient (Wildman–Crippen LogP) is 1.45. The highest BCUT2D eigenvalue weighted by molar-refractivity contribution is 8.00. The van der Waals surface area contributed by atoms with Crippen LogP contribution < -0.4 is 26.6 Å². The van der Waals surface area contributed by atoms with Crippen molar-refractivity contribution in [2.24, 2.45) is 5.41 Å². The van der Waals surface area contributed by atoms with Crippen molar-refractivity contribution in [3.8, 4) is 0 Å². The van der Waals surface area contributed by atoms with Crippen LogP contribution in [-0.4, -0.2) is 110 Å². The second-order valence-corrected chi connectivity index (χ2v) is 13.8. The molecule has 2 saturated heterocycles. The maximum atomic E-state index is 13.4. The molecule has 2 fully saturated rings. The molecule has 4 amide bonds. The van der Waals surface area contributed by atoms with Crippen LogP contribution in [0, 0.1) is 5.41 Å². The lowest BCUT2D eigenvalue weighted by atomic mass is 9.87. The Kier molecular flexibility index (Phi) is 13.4. The summed E-state index contributed by atoms with van der Waals surface area (Å²) < 4.78 is 0.